The van der Waals surface area contributed by atoms with Crippen molar-refractivity contribution in [2.45, 2.75) is 57.8 Å². The van der Waals surface area contributed by atoms with Crippen LogP contribution in [0.25, 0.3) is 0 Å². The number of carbonyl (C=O) groups is 2. The SMILES string of the molecule is O=C(Cc1ccccc1)NCCCNCCCCCCCNCCCNC(=O)Cc1ccccc1. The zero-order chi connectivity index (χ0) is 24.8. The summed E-state index contributed by atoms with van der Waals surface area (Å²) in [5.74, 6) is 0.188. The third kappa shape index (κ3) is 15.8. The van der Waals surface area contributed by atoms with Crippen molar-refractivity contribution in [1.82, 2.24) is 21.3 Å². The fourth-order valence-corrected chi connectivity index (χ4v) is 3.85. The van der Waals surface area contributed by atoms with Gasteiger partial charge in [0.05, 0.1) is 12.8 Å². The molecule has 0 unspecified atom stereocenters. The third-order valence-corrected chi connectivity index (χ3v) is 5.83. The Balaban J connectivity index is 1.26. The van der Waals surface area contributed by atoms with Gasteiger partial charge in [-0.15, -0.1) is 0 Å². The summed E-state index contributed by atoms with van der Waals surface area (Å²) in [5.41, 5.74) is 2.11. The van der Waals surface area contributed by atoms with Crippen LogP contribution in [-0.2, 0) is 22.4 Å². The molecule has 0 bridgehead atoms. The van der Waals surface area contributed by atoms with Crippen LogP contribution in [0.4, 0.5) is 0 Å². The quantitative estimate of drug-likeness (QED) is 0.218. The van der Waals surface area contributed by atoms with Crippen molar-refractivity contribution in [3.8, 4) is 0 Å². The van der Waals surface area contributed by atoms with Crippen molar-refractivity contribution < 1.29 is 9.59 Å². The van der Waals surface area contributed by atoms with E-state index in [0.717, 1.165) is 63.2 Å². The maximum Gasteiger partial charge on any atom is 0.224 e. The molecule has 6 nitrogen and oxygen atoms in total. The second kappa shape index (κ2) is 19.6. The van der Waals surface area contributed by atoms with Gasteiger partial charge in [-0.05, 0) is 63.0 Å². The maximum absolute atomic E-state index is 11.9. The van der Waals surface area contributed by atoms with Gasteiger partial charge in [-0.25, -0.2) is 0 Å². The van der Waals surface area contributed by atoms with Gasteiger partial charge < -0.3 is 21.3 Å². The molecule has 6 heteroatoms. The van der Waals surface area contributed by atoms with Gasteiger partial charge in [0, 0.05) is 13.1 Å². The van der Waals surface area contributed by atoms with Crippen molar-refractivity contribution in [3.05, 3.63) is 71.8 Å². The van der Waals surface area contributed by atoms with Crippen LogP contribution in [0.1, 0.15) is 56.1 Å². The lowest BCUT2D eigenvalue weighted by molar-refractivity contribution is -0.121. The van der Waals surface area contributed by atoms with E-state index in [2.05, 4.69) is 21.3 Å². The highest BCUT2D eigenvalue weighted by Gasteiger charge is 2.02. The summed E-state index contributed by atoms with van der Waals surface area (Å²) in [6, 6.07) is 19.7. The van der Waals surface area contributed by atoms with Crippen molar-refractivity contribution >= 4 is 11.8 Å². The minimum absolute atomic E-state index is 0.0938. The van der Waals surface area contributed by atoms with Crippen LogP contribution < -0.4 is 21.3 Å². The predicted molar refractivity (Wildman–Crippen MR) is 144 cm³/mol. The first-order chi connectivity index (χ1) is 17.2. The first-order valence-electron chi connectivity index (χ1n) is 13.3. The Hall–Kier alpha value is -2.70. The molecule has 2 rings (SSSR count). The van der Waals surface area contributed by atoms with Crippen LogP contribution in [0.3, 0.4) is 0 Å². The number of rotatable bonds is 20. The van der Waals surface area contributed by atoms with E-state index in [1.165, 1.54) is 32.1 Å². The first-order valence-corrected chi connectivity index (χ1v) is 13.3. The van der Waals surface area contributed by atoms with Gasteiger partial charge in [-0.2, -0.15) is 0 Å². The molecule has 0 aliphatic carbocycles. The van der Waals surface area contributed by atoms with E-state index in [-0.39, 0.29) is 11.8 Å². The highest BCUT2D eigenvalue weighted by molar-refractivity contribution is 5.78. The summed E-state index contributed by atoms with van der Waals surface area (Å²) in [6.07, 6.45) is 9.03. The van der Waals surface area contributed by atoms with Crippen LogP contribution in [0.2, 0.25) is 0 Å². The molecule has 2 aromatic rings. The zero-order valence-corrected chi connectivity index (χ0v) is 21.2. The average Bonchev–Trinajstić information content (AvgIpc) is 2.87. The maximum atomic E-state index is 11.9. The van der Waals surface area contributed by atoms with E-state index in [4.69, 9.17) is 0 Å². The minimum Gasteiger partial charge on any atom is -0.356 e. The lowest BCUT2D eigenvalue weighted by Crippen LogP contribution is -2.28. The van der Waals surface area contributed by atoms with E-state index < -0.39 is 0 Å². The van der Waals surface area contributed by atoms with Crippen LogP contribution in [0, 0.1) is 0 Å². The largest absolute Gasteiger partial charge is 0.356 e. The number of carbonyl (C=O) groups excluding carboxylic acids is 2. The summed E-state index contributed by atoms with van der Waals surface area (Å²) in [6.45, 7) is 5.44. The second-order valence-corrected chi connectivity index (χ2v) is 9.00. The monoisotopic (exact) mass is 480 g/mol. The molecular weight excluding hydrogens is 436 g/mol. The molecule has 0 aromatic heterocycles. The molecule has 0 radical (unpaired) electrons. The van der Waals surface area contributed by atoms with E-state index in [0.29, 0.717) is 12.8 Å². The third-order valence-electron chi connectivity index (χ3n) is 5.83. The second-order valence-electron chi connectivity index (χ2n) is 9.00. The van der Waals surface area contributed by atoms with Crippen molar-refractivity contribution in [3.63, 3.8) is 0 Å². The van der Waals surface area contributed by atoms with Gasteiger partial charge in [0.2, 0.25) is 11.8 Å². The molecule has 2 amide bonds. The lowest BCUT2D eigenvalue weighted by Gasteiger charge is -2.08. The molecule has 0 spiro atoms. The summed E-state index contributed by atoms with van der Waals surface area (Å²) < 4.78 is 0. The van der Waals surface area contributed by atoms with Gasteiger partial charge in [0.15, 0.2) is 0 Å². The summed E-state index contributed by atoms with van der Waals surface area (Å²) in [4.78, 5) is 23.8. The fourth-order valence-electron chi connectivity index (χ4n) is 3.85. The number of unbranched alkanes of at least 4 members (excludes halogenated alkanes) is 4. The van der Waals surface area contributed by atoms with Crippen LogP contribution in [0.5, 0.6) is 0 Å². The number of benzene rings is 2. The highest BCUT2D eigenvalue weighted by Crippen LogP contribution is 2.02. The number of hydrogen-bond donors (Lipinski definition) is 4. The van der Waals surface area contributed by atoms with E-state index in [1.807, 2.05) is 60.7 Å². The van der Waals surface area contributed by atoms with Gasteiger partial charge in [-0.3, -0.25) is 9.59 Å². The summed E-state index contributed by atoms with van der Waals surface area (Å²) in [5, 5.41) is 12.9. The smallest absolute Gasteiger partial charge is 0.224 e. The topological polar surface area (TPSA) is 82.3 Å². The molecule has 0 heterocycles. The molecule has 2 aromatic carbocycles. The molecule has 0 fully saturated rings. The molecule has 0 aliphatic rings. The Morgan fingerprint density at radius 1 is 0.457 bits per heavy atom. The molecule has 4 N–H and O–H groups in total. The van der Waals surface area contributed by atoms with Gasteiger partial charge in [0.25, 0.3) is 0 Å². The van der Waals surface area contributed by atoms with Crippen LogP contribution in [-0.4, -0.2) is 51.1 Å². The molecule has 0 saturated carbocycles. The van der Waals surface area contributed by atoms with E-state index in [1.54, 1.807) is 0 Å². The predicted octanol–water partition coefficient (Wildman–Crippen LogP) is 3.61. The molecule has 0 saturated heterocycles. The average molecular weight is 481 g/mol. The fraction of sp³-hybridized carbons (Fsp3) is 0.517. The number of nitrogens with one attached hydrogen (secondary N) is 4. The van der Waals surface area contributed by atoms with Gasteiger partial charge in [0.1, 0.15) is 0 Å². The molecule has 0 atom stereocenters. The molecule has 35 heavy (non-hydrogen) atoms. The van der Waals surface area contributed by atoms with Crippen molar-refractivity contribution in [2.24, 2.45) is 0 Å². The molecular formula is C29H44N4O2. The highest BCUT2D eigenvalue weighted by atomic mass is 16.2. The standard InChI is InChI=1S/C29H44N4O2/c34-28(24-26-14-6-4-7-15-26)32-22-12-20-30-18-10-2-1-3-11-19-31-21-13-23-33-29(35)25-27-16-8-5-9-17-27/h4-9,14-17,30-31H,1-3,10-13,18-25H2,(H,32,34)(H,33,35). The van der Waals surface area contributed by atoms with Crippen molar-refractivity contribution in [1.29, 1.82) is 0 Å². The van der Waals surface area contributed by atoms with Crippen molar-refractivity contribution in [2.75, 3.05) is 39.3 Å². The summed E-state index contributed by atoms with van der Waals surface area (Å²) in [7, 11) is 0. The Morgan fingerprint density at radius 3 is 1.26 bits per heavy atom. The van der Waals surface area contributed by atoms with Gasteiger partial charge in [-0.1, -0.05) is 79.9 Å². The number of hydrogen-bond acceptors (Lipinski definition) is 4. The zero-order valence-electron chi connectivity index (χ0n) is 21.2. The lowest BCUT2D eigenvalue weighted by atomic mass is 10.1. The van der Waals surface area contributed by atoms with Crippen LogP contribution >= 0.6 is 0 Å². The molecule has 0 aliphatic heterocycles. The molecule has 192 valence electrons. The Morgan fingerprint density at radius 2 is 0.829 bits per heavy atom. The minimum atomic E-state index is 0.0938. The van der Waals surface area contributed by atoms with Crippen LogP contribution in [0.15, 0.2) is 60.7 Å². The Bertz CT molecular complexity index is 731. The van der Waals surface area contributed by atoms with Gasteiger partial charge >= 0.3 is 0 Å². The Labute approximate surface area is 211 Å². The Kier molecular flexibility index (Phi) is 16.0. The van der Waals surface area contributed by atoms with E-state index >= 15 is 0 Å². The normalized spacial score (nSPS) is 10.7. The number of amides is 2. The van der Waals surface area contributed by atoms with E-state index in [9.17, 15) is 9.59 Å². The summed E-state index contributed by atoms with van der Waals surface area (Å²) >= 11 is 0. The first kappa shape index (κ1) is 28.5.